The maximum atomic E-state index is 12.5. The molecule has 136 valence electrons. The van der Waals surface area contributed by atoms with Crippen LogP contribution in [-0.4, -0.2) is 22.8 Å². The zero-order valence-corrected chi connectivity index (χ0v) is 15.4. The Morgan fingerprint density at radius 2 is 1.67 bits per heavy atom. The molecule has 0 aliphatic heterocycles. The summed E-state index contributed by atoms with van der Waals surface area (Å²) in [4.78, 5) is 29.4. The van der Waals surface area contributed by atoms with Gasteiger partial charge in [-0.1, -0.05) is 48.2 Å². The van der Waals surface area contributed by atoms with Crippen LogP contribution in [0.1, 0.15) is 15.9 Å². The second kappa shape index (κ2) is 9.00. The van der Waals surface area contributed by atoms with Gasteiger partial charge >= 0.3 is 0 Å². The summed E-state index contributed by atoms with van der Waals surface area (Å²) in [5.74, 6) is -0.890. The third-order valence-electron chi connectivity index (χ3n) is 3.91. The van der Waals surface area contributed by atoms with E-state index in [2.05, 4.69) is 10.3 Å². The number of rotatable bonds is 7. The predicted molar refractivity (Wildman–Crippen MR) is 105 cm³/mol. The first kappa shape index (κ1) is 18.7. The maximum absolute atomic E-state index is 12.5. The van der Waals surface area contributed by atoms with Crippen LogP contribution in [0.2, 0.25) is 0 Å². The van der Waals surface area contributed by atoms with Crippen LogP contribution in [0.25, 0.3) is 0 Å². The first-order chi connectivity index (χ1) is 13.1. The minimum Gasteiger partial charge on any atom is -0.368 e. The smallest absolute Gasteiger partial charge is 0.251 e. The molecule has 2 amide bonds. The molecular weight excluding hydrogens is 358 g/mol. The molecule has 0 bridgehead atoms. The second-order valence-electron chi connectivity index (χ2n) is 5.91. The summed E-state index contributed by atoms with van der Waals surface area (Å²) >= 11 is 1.51. The number of carbonyl (C=O) groups is 2. The first-order valence-corrected chi connectivity index (χ1v) is 9.26. The van der Waals surface area contributed by atoms with Crippen LogP contribution in [-0.2, 0) is 11.2 Å². The van der Waals surface area contributed by atoms with Gasteiger partial charge in [0.25, 0.3) is 5.91 Å². The van der Waals surface area contributed by atoms with Crippen molar-refractivity contribution in [3.63, 3.8) is 0 Å². The second-order valence-corrected chi connectivity index (χ2v) is 7.01. The molecule has 3 N–H and O–H groups in total. The molecule has 1 aromatic heterocycles. The van der Waals surface area contributed by atoms with Gasteiger partial charge in [-0.25, -0.2) is 4.98 Å². The van der Waals surface area contributed by atoms with Crippen LogP contribution in [0.15, 0.2) is 88.9 Å². The lowest BCUT2D eigenvalue weighted by molar-refractivity contribution is -0.119. The Morgan fingerprint density at radius 3 is 2.30 bits per heavy atom. The van der Waals surface area contributed by atoms with Crippen molar-refractivity contribution >= 4 is 23.6 Å². The molecule has 0 radical (unpaired) electrons. The highest BCUT2D eigenvalue weighted by Gasteiger charge is 2.19. The van der Waals surface area contributed by atoms with Gasteiger partial charge in [0.1, 0.15) is 11.1 Å². The molecule has 3 rings (SSSR count). The molecule has 0 spiro atoms. The lowest BCUT2D eigenvalue weighted by atomic mass is 10.0. The summed E-state index contributed by atoms with van der Waals surface area (Å²) in [7, 11) is 0. The first-order valence-electron chi connectivity index (χ1n) is 8.45. The normalized spacial score (nSPS) is 11.6. The number of nitrogens with zero attached hydrogens (tertiary/aromatic N) is 1. The van der Waals surface area contributed by atoms with Crippen molar-refractivity contribution in [3.8, 4) is 0 Å². The summed E-state index contributed by atoms with van der Waals surface area (Å²) in [6.07, 6.45) is 2.09. The maximum Gasteiger partial charge on any atom is 0.251 e. The number of hydrogen-bond acceptors (Lipinski definition) is 4. The van der Waals surface area contributed by atoms with E-state index in [9.17, 15) is 9.59 Å². The van der Waals surface area contributed by atoms with E-state index in [1.807, 2.05) is 60.7 Å². The Bertz CT molecular complexity index is 900. The highest BCUT2D eigenvalue weighted by molar-refractivity contribution is 7.99. The highest BCUT2D eigenvalue weighted by atomic mass is 32.2. The van der Waals surface area contributed by atoms with E-state index in [0.717, 1.165) is 15.5 Å². The van der Waals surface area contributed by atoms with Crippen LogP contribution >= 0.6 is 11.8 Å². The average Bonchev–Trinajstić information content (AvgIpc) is 2.69. The molecule has 0 saturated heterocycles. The fourth-order valence-electron chi connectivity index (χ4n) is 2.52. The van der Waals surface area contributed by atoms with E-state index in [4.69, 9.17) is 5.73 Å². The van der Waals surface area contributed by atoms with Crippen molar-refractivity contribution in [2.45, 2.75) is 22.4 Å². The molecule has 0 aliphatic carbocycles. The summed E-state index contributed by atoms with van der Waals surface area (Å²) < 4.78 is 0. The lowest BCUT2D eigenvalue weighted by Crippen LogP contribution is -2.45. The summed E-state index contributed by atoms with van der Waals surface area (Å²) in [5.41, 5.74) is 6.86. The fourth-order valence-corrected chi connectivity index (χ4v) is 3.29. The minimum absolute atomic E-state index is 0.330. The molecule has 0 aliphatic rings. The monoisotopic (exact) mass is 377 g/mol. The minimum atomic E-state index is -0.762. The van der Waals surface area contributed by atoms with E-state index in [1.54, 1.807) is 18.3 Å². The quantitative estimate of drug-likeness (QED) is 0.663. The van der Waals surface area contributed by atoms with Crippen LogP contribution in [0.5, 0.6) is 0 Å². The van der Waals surface area contributed by atoms with Crippen molar-refractivity contribution < 1.29 is 9.59 Å². The number of amides is 2. The van der Waals surface area contributed by atoms with Gasteiger partial charge in [0.15, 0.2) is 0 Å². The number of carbonyl (C=O) groups excluding carboxylic acids is 2. The topological polar surface area (TPSA) is 85.1 Å². The third kappa shape index (κ3) is 5.43. The lowest BCUT2D eigenvalue weighted by Gasteiger charge is -2.15. The zero-order chi connectivity index (χ0) is 19.1. The van der Waals surface area contributed by atoms with Gasteiger partial charge in [-0.05, 0) is 42.0 Å². The standard InChI is InChI=1S/C21H19N3O2S/c22-20(25)18(14-15-6-2-1-3-7-15)24-21(26)16-9-11-17(12-10-16)27-19-8-4-5-13-23-19/h1-13,18H,14H2,(H2,22,25)(H,24,26). The van der Waals surface area contributed by atoms with E-state index < -0.39 is 11.9 Å². The Labute approximate surface area is 162 Å². The number of aromatic nitrogens is 1. The van der Waals surface area contributed by atoms with Gasteiger partial charge in [0.05, 0.1) is 0 Å². The van der Waals surface area contributed by atoms with Gasteiger partial charge in [0, 0.05) is 23.1 Å². The molecule has 1 unspecified atom stereocenters. The highest BCUT2D eigenvalue weighted by Crippen LogP contribution is 2.25. The summed E-state index contributed by atoms with van der Waals surface area (Å²) in [6, 6.07) is 21.5. The van der Waals surface area contributed by atoms with Crippen molar-refractivity contribution in [2.75, 3.05) is 0 Å². The summed E-state index contributed by atoms with van der Waals surface area (Å²) in [5, 5.41) is 3.60. The van der Waals surface area contributed by atoms with Crippen molar-refractivity contribution in [3.05, 3.63) is 90.1 Å². The molecule has 2 aromatic carbocycles. The van der Waals surface area contributed by atoms with E-state index in [0.29, 0.717) is 12.0 Å². The summed E-state index contributed by atoms with van der Waals surface area (Å²) in [6.45, 7) is 0. The molecule has 6 heteroatoms. The van der Waals surface area contributed by atoms with E-state index in [-0.39, 0.29) is 5.91 Å². The Morgan fingerprint density at radius 1 is 0.963 bits per heavy atom. The van der Waals surface area contributed by atoms with Crippen LogP contribution < -0.4 is 11.1 Å². The Hall–Kier alpha value is -3.12. The van der Waals surface area contributed by atoms with Crippen LogP contribution in [0, 0.1) is 0 Å². The zero-order valence-electron chi connectivity index (χ0n) is 14.5. The number of nitrogens with two attached hydrogens (primary N) is 1. The van der Waals surface area contributed by atoms with Crippen molar-refractivity contribution in [1.29, 1.82) is 0 Å². The van der Waals surface area contributed by atoms with Gasteiger partial charge < -0.3 is 11.1 Å². The molecular formula is C21H19N3O2S. The van der Waals surface area contributed by atoms with E-state index >= 15 is 0 Å². The molecule has 3 aromatic rings. The predicted octanol–water partition coefficient (Wildman–Crippen LogP) is 3.06. The largest absolute Gasteiger partial charge is 0.368 e. The molecule has 27 heavy (non-hydrogen) atoms. The number of benzene rings is 2. The van der Waals surface area contributed by atoms with E-state index in [1.165, 1.54) is 11.8 Å². The van der Waals surface area contributed by atoms with Gasteiger partial charge in [0.2, 0.25) is 5.91 Å². The van der Waals surface area contributed by atoms with Gasteiger partial charge in [-0.2, -0.15) is 0 Å². The molecule has 0 fully saturated rings. The number of hydrogen-bond donors (Lipinski definition) is 2. The Balaban J connectivity index is 1.64. The molecule has 1 heterocycles. The molecule has 5 nitrogen and oxygen atoms in total. The van der Waals surface area contributed by atoms with Gasteiger partial charge in [-0.3, -0.25) is 9.59 Å². The molecule has 1 atom stereocenters. The number of primary amides is 1. The van der Waals surface area contributed by atoms with Crippen molar-refractivity contribution in [2.24, 2.45) is 5.73 Å². The van der Waals surface area contributed by atoms with Crippen molar-refractivity contribution in [1.82, 2.24) is 10.3 Å². The fraction of sp³-hybridized carbons (Fsp3) is 0.0952. The molecule has 0 saturated carbocycles. The average molecular weight is 377 g/mol. The number of pyridine rings is 1. The van der Waals surface area contributed by atoms with Crippen LogP contribution in [0.3, 0.4) is 0 Å². The van der Waals surface area contributed by atoms with Crippen LogP contribution in [0.4, 0.5) is 0 Å². The Kier molecular flexibility index (Phi) is 6.22. The van der Waals surface area contributed by atoms with Gasteiger partial charge in [-0.15, -0.1) is 0 Å². The SMILES string of the molecule is NC(=O)C(Cc1ccccc1)NC(=O)c1ccc(Sc2ccccn2)cc1. The third-order valence-corrected chi connectivity index (χ3v) is 4.87. The number of nitrogens with one attached hydrogen (secondary N) is 1.